The number of nitrogens with zero attached hydrogens (tertiary/aromatic N) is 5. The van der Waals surface area contributed by atoms with E-state index in [0.717, 1.165) is 0 Å². The molecule has 0 aromatic heterocycles. The van der Waals surface area contributed by atoms with Crippen LogP contribution in [0.5, 0.6) is 0 Å². The maximum Gasteiger partial charge on any atom is 0.332 e. The third kappa shape index (κ3) is 5.81. The lowest BCUT2D eigenvalue weighted by Crippen LogP contribution is -2.68. The van der Waals surface area contributed by atoms with Gasteiger partial charge < -0.3 is 51.5 Å². The molecule has 22 nitrogen and oxygen atoms in total. The number of aliphatic hydroxyl groups excluding tert-OH is 8. The standard InChI is InChI=1S/2C8H14N4O7/c13-1-8(11(3-15)6(18)9-2-14)5(17)10-7(19)12(8)4-16;13-1-9-7(18)10(2-14)5-6(17)12(4-16)8(19)11(5)3-15/h13-16H,1-4H2,(H,9,18)(H,10,17,19);5,13-16H,1-4H2,(H,9,18). The molecule has 38 heavy (non-hydrogen) atoms. The first-order valence-electron chi connectivity index (χ1n) is 10.2. The summed E-state index contributed by atoms with van der Waals surface area (Å²) in [6.07, 6.45) is -1.60. The Balaban J connectivity index is 0.000000380. The summed E-state index contributed by atoms with van der Waals surface area (Å²) in [5.74, 6) is -2.07. The zero-order valence-electron chi connectivity index (χ0n) is 19.5. The first kappa shape index (κ1) is 32.1. The van der Waals surface area contributed by atoms with E-state index in [4.69, 9.17) is 35.7 Å². The highest BCUT2D eigenvalue weighted by atomic mass is 16.3. The molecule has 10 amide bonds. The highest BCUT2D eigenvalue weighted by Crippen LogP contribution is 2.25. The SMILES string of the molecule is O=C(NCO)N(CO)C1(CO)C(=O)NC(=O)N1CO.O=C1C(N(CO)C(=O)NCO)N(CO)C(=O)N1CO. The van der Waals surface area contributed by atoms with Gasteiger partial charge in [-0.15, -0.1) is 0 Å². The summed E-state index contributed by atoms with van der Waals surface area (Å²) >= 11 is 0. The van der Waals surface area contributed by atoms with Crippen molar-refractivity contribution in [1.82, 2.24) is 40.4 Å². The third-order valence-corrected chi connectivity index (χ3v) is 5.19. The number of amides is 10. The largest absolute Gasteiger partial charge is 0.391 e. The topological polar surface area (TPSA) is 317 Å². The fourth-order valence-corrected chi connectivity index (χ4v) is 3.38. The van der Waals surface area contributed by atoms with Gasteiger partial charge in [0.2, 0.25) is 5.66 Å². The molecular weight excluding hydrogens is 528 g/mol. The molecule has 2 aliphatic heterocycles. The number of hydrogen-bond donors (Lipinski definition) is 11. The fourth-order valence-electron chi connectivity index (χ4n) is 3.38. The van der Waals surface area contributed by atoms with Gasteiger partial charge in [0.25, 0.3) is 11.8 Å². The number of carbonyl (C=O) groups is 6. The zero-order valence-corrected chi connectivity index (χ0v) is 19.5. The number of nitrogens with one attached hydrogen (secondary N) is 3. The average Bonchev–Trinajstić information content (AvgIpc) is 3.28. The second kappa shape index (κ2) is 14.1. The highest BCUT2D eigenvalue weighted by Gasteiger charge is 2.58. The van der Waals surface area contributed by atoms with Crippen molar-refractivity contribution in [1.29, 1.82) is 0 Å². The van der Waals surface area contributed by atoms with Crippen LogP contribution >= 0.6 is 0 Å². The van der Waals surface area contributed by atoms with E-state index in [1.807, 2.05) is 10.6 Å². The van der Waals surface area contributed by atoms with Gasteiger partial charge in [0.05, 0.1) is 6.61 Å². The minimum absolute atomic E-state index is 0.399. The van der Waals surface area contributed by atoms with E-state index in [0.29, 0.717) is 24.5 Å². The molecular formula is C16H28N8O14. The van der Waals surface area contributed by atoms with Gasteiger partial charge in [-0.05, 0) is 0 Å². The third-order valence-electron chi connectivity index (χ3n) is 5.19. The molecule has 0 aliphatic carbocycles. The van der Waals surface area contributed by atoms with Gasteiger partial charge in [0.1, 0.15) is 47.1 Å². The first-order valence-corrected chi connectivity index (χ1v) is 10.2. The lowest BCUT2D eigenvalue weighted by Gasteiger charge is -2.40. The van der Waals surface area contributed by atoms with Crippen LogP contribution in [-0.2, 0) is 9.59 Å². The highest BCUT2D eigenvalue weighted by molar-refractivity contribution is 6.08. The van der Waals surface area contributed by atoms with Gasteiger partial charge in [-0.25, -0.2) is 24.1 Å². The first-order chi connectivity index (χ1) is 18.0. The maximum atomic E-state index is 11.8. The van der Waals surface area contributed by atoms with Gasteiger partial charge in [0.15, 0.2) is 6.17 Å². The molecule has 0 radical (unpaired) electrons. The Hall–Kier alpha value is -3.90. The van der Waals surface area contributed by atoms with Crippen molar-refractivity contribution in [2.24, 2.45) is 0 Å². The van der Waals surface area contributed by atoms with E-state index >= 15 is 0 Å². The van der Waals surface area contributed by atoms with Gasteiger partial charge >= 0.3 is 24.1 Å². The van der Waals surface area contributed by atoms with Crippen LogP contribution in [0.15, 0.2) is 0 Å². The Morgan fingerprint density at radius 3 is 1.84 bits per heavy atom. The summed E-state index contributed by atoms with van der Waals surface area (Å²) in [4.78, 5) is 72.1. The Morgan fingerprint density at radius 2 is 1.42 bits per heavy atom. The molecule has 0 aromatic rings. The van der Waals surface area contributed by atoms with E-state index in [1.165, 1.54) is 0 Å². The number of carbonyl (C=O) groups excluding carboxylic acids is 6. The summed E-state index contributed by atoms with van der Waals surface area (Å²) < 4.78 is 0. The maximum absolute atomic E-state index is 11.8. The molecule has 2 saturated heterocycles. The second-order valence-electron chi connectivity index (χ2n) is 6.94. The minimum atomic E-state index is -2.28. The Labute approximate surface area is 212 Å². The molecule has 2 unspecified atom stereocenters. The van der Waals surface area contributed by atoms with Crippen LogP contribution in [0.2, 0.25) is 0 Å². The van der Waals surface area contributed by atoms with Crippen LogP contribution in [-0.4, -0.2) is 167 Å². The molecule has 0 saturated carbocycles. The molecule has 2 heterocycles. The van der Waals surface area contributed by atoms with Crippen LogP contribution in [0.3, 0.4) is 0 Å². The molecule has 2 aliphatic rings. The number of hydrogen-bond acceptors (Lipinski definition) is 14. The summed E-state index contributed by atoms with van der Waals surface area (Å²) in [6, 6.07) is -4.16. The fraction of sp³-hybridized carbons (Fsp3) is 0.625. The zero-order chi connectivity index (χ0) is 29.2. The van der Waals surface area contributed by atoms with Gasteiger partial charge in [-0.3, -0.25) is 34.5 Å². The molecule has 0 spiro atoms. The van der Waals surface area contributed by atoms with Crippen molar-refractivity contribution in [2.75, 3.05) is 53.7 Å². The summed E-state index contributed by atoms with van der Waals surface area (Å²) in [5.41, 5.74) is -2.28. The van der Waals surface area contributed by atoms with Crippen LogP contribution in [0.4, 0.5) is 19.2 Å². The average molecular weight is 556 g/mol. The summed E-state index contributed by atoms with van der Waals surface area (Å²) in [7, 11) is 0. The number of urea groups is 4. The van der Waals surface area contributed by atoms with E-state index < -0.39 is 101 Å². The molecule has 2 fully saturated rings. The van der Waals surface area contributed by atoms with E-state index in [1.54, 1.807) is 5.32 Å². The van der Waals surface area contributed by atoms with Crippen molar-refractivity contribution in [3.8, 4) is 0 Å². The second-order valence-corrected chi connectivity index (χ2v) is 6.94. The van der Waals surface area contributed by atoms with Crippen molar-refractivity contribution < 1.29 is 69.6 Å². The van der Waals surface area contributed by atoms with Gasteiger partial charge in [0, 0.05) is 0 Å². The van der Waals surface area contributed by atoms with Crippen molar-refractivity contribution in [3.63, 3.8) is 0 Å². The lowest BCUT2D eigenvalue weighted by molar-refractivity contribution is -0.147. The molecule has 2 atom stereocenters. The van der Waals surface area contributed by atoms with Crippen molar-refractivity contribution in [2.45, 2.75) is 11.8 Å². The predicted octanol–water partition coefficient (Wildman–Crippen LogP) is -7.52. The predicted molar refractivity (Wildman–Crippen MR) is 113 cm³/mol. The lowest BCUT2D eigenvalue weighted by atomic mass is 10.1. The molecule has 0 aromatic carbocycles. The van der Waals surface area contributed by atoms with E-state index in [-0.39, 0.29) is 0 Å². The van der Waals surface area contributed by atoms with Crippen molar-refractivity contribution in [3.05, 3.63) is 0 Å². The summed E-state index contributed by atoms with van der Waals surface area (Å²) in [5, 5.41) is 77.4. The number of imide groups is 2. The minimum Gasteiger partial charge on any atom is -0.391 e. The quantitative estimate of drug-likeness (QED) is 0.0879. The van der Waals surface area contributed by atoms with Crippen LogP contribution in [0, 0.1) is 0 Å². The molecule has 22 heteroatoms. The van der Waals surface area contributed by atoms with Crippen LogP contribution in [0.1, 0.15) is 0 Å². The number of rotatable bonds is 10. The Bertz CT molecular complexity index is 905. The monoisotopic (exact) mass is 556 g/mol. The Kier molecular flexibility index (Phi) is 12.0. The molecule has 11 N–H and O–H groups in total. The normalized spacial score (nSPS) is 20.7. The van der Waals surface area contributed by atoms with Crippen LogP contribution < -0.4 is 16.0 Å². The van der Waals surface area contributed by atoms with Gasteiger partial charge in [-0.1, -0.05) is 0 Å². The van der Waals surface area contributed by atoms with Crippen LogP contribution in [0.25, 0.3) is 0 Å². The molecule has 216 valence electrons. The van der Waals surface area contributed by atoms with E-state index in [9.17, 15) is 33.9 Å². The van der Waals surface area contributed by atoms with Gasteiger partial charge in [-0.2, -0.15) is 0 Å². The number of aliphatic hydroxyl groups is 8. The Morgan fingerprint density at radius 1 is 0.842 bits per heavy atom. The van der Waals surface area contributed by atoms with Crippen molar-refractivity contribution >= 4 is 35.9 Å². The molecule has 0 bridgehead atoms. The summed E-state index contributed by atoms with van der Waals surface area (Å²) in [6.45, 7) is -7.35. The smallest absolute Gasteiger partial charge is 0.332 e. The molecule has 2 rings (SSSR count). The van der Waals surface area contributed by atoms with E-state index in [2.05, 4.69) is 0 Å².